The van der Waals surface area contributed by atoms with Gasteiger partial charge in [-0.05, 0) is 35.1 Å². The average Bonchev–Trinajstić information content (AvgIpc) is 3.14. The highest BCUT2D eigenvalue weighted by Crippen LogP contribution is 2.16. The summed E-state index contributed by atoms with van der Waals surface area (Å²) >= 11 is 7.27. The Balaban J connectivity index is 2.15. The molecule has 1 aromatic carbocycles. The number of rotatable bonds is 9. The molecule has 0 unspecified atom stereocenters. The molecule has 146 valence electrons. The second-order valence-corrected chi connectivity index (χ2v) is 8.06. The van der Waals surface area contributed by atoms with Gasteiger partial charge in [0.2, 0.25) is 11.8 Å². The standard InChI is InChI=1S/C20H24ClFN2O2S/c1-15(2)11-23(19(25)10-21)14-20(26)24(13-18-4-3-9-27-18)12-16-5-7-17(22)8-6-16/h3-9,15H,10-14H2,1-2H3. The number of amides is 2. The molecule has 0 aliphatic heterocycles. The van der Waals surface area contributed by atoms with Gasteiger partial charge in [0, 0.05) is 18.0 Å². The van der Waals surface area contributed by atoms with Crippen molar-refractivity contribution in [2.75, 3.05) is 19.0 Å². The molecular formula is C20H24ClFN2O2S. The molecule has 27 heavy (non-hydrogen) atoms. The van der Waals surface area contributed by atoms with Crippen LogP contribution in [0.4, 0.5) is 4.39 Å². The first-order chi connectivity index (χ1) is 12.9. The van der Waals surface area contributed by atoms with Crippen LogP contribution < -0.4 is 0 Å². The molecule has 2 amide bonds. The molecule has 2 aromatic rings. The minimum atomic E-state index is -0.314. The molecule has 0 fully saturated rings. The van der Waals surface area contributed by atoms with Crippen LogP contribution in [0.3, 0.4) is 0 Å². The Morgan fingerprint density at radius 1 is 1.07 bits per heavy atom. The van der Waals surface area contributed by atoms with E-state index >= 15 is 0 Å². The molecule has 0 bridgehead atoms. The van der Waals surface area contributed by atoms with Crippen LogP contribution in [-0.4, -0.2) is 40.6 Å². The normalized spacial score (nSPS) is 10.9. The fourth-order valence-electron chi connectivity index (χ4n) is 2.68. The van der Waals surface area contributed by atoms with Crippen LogP contribution in [0.15, 0.2) is 41.8 Å². The predicted octanol–water partition coefficient (Wildman–Crippen LogP) is 4.14. The number of nitrogens with zero attached hydrogens (tertiary/aromatic N) is 2. The van der Waals surface area contributed by atoms with Gasteiger partial charge in [-0.1, -0.05) is 32.0 Å². The van der Waals surface area contributed by atoms with Gasteiger partial charge in [-0.3, -0.25) is 9.59 Å². The monoisotopic (exact) mass is 410 g/mol. The summed E-state index contributed by atoms with van der Waals surface area (Å²) < 4.78 is 13.2. The Morgan fingerprint density at radius 3 is 2.33 bits per heavy atom. The molecule has 0 saturated carbocycles. The van der Waals surface area contributed by atoms with Gasteiger partial charge in [0.15, 0.2) is 0 Å². The van der Waals surface area contributed by atoms with Gasteiger partial charge < -0.3 is 9.80 Å². The Hall–Kier alpha value is -1.92. The number of alkyl halides is 1. The van der Waals surface area contributed by atoms with Crippen LogP contribution in [0.1, 0.15) is 24.3 Å². The number of halogens is 2. The van der Waals surface area contributed by atoms with Gasteiger partial charge in [-0.2, -0.15) is 0 Å². The topological polar surface area (TPSA) is 40.6 Å². The fraction of sp³-hybridized carbons (Fsp3) is 0.400. The molecule has 2 rings (SSSR count). The van der Waals surface area contributed by atoms with E-state index in [1.807, 2.05) is 31.4 Å². The van der Waals surface area contributed by atoms with E-state index in [0.717, 1.165) is 10.4 Å². The Kier molecular flexibility index (Phi) is 8.25. The van der Waals surface area contributed by atoms with E-state index in [1.54, 1.807) is 28.4 Å². The summed E-state index contributed by atoms with van der Waals surface area (Å²) in [5.41, 5.74) is 0.834. The SMILES string of the molecule is CC(C)CN(CC(=O)N(Cc1ccc(F)cc1)Cc1cccs1)C(=O)CCl. The molecule has 0 aliphatic rings. The molecular weight excluding hydrogens is 387 g/mol. The summed E-state index contributed by atoms with van der Waals surface area (Å²) in [4.78, 5) is 29.3. The smallest absolute Gasteiger partial charge is 0.242 e. The number of hydrogen-bond donors (Lipinski definition) is 0. The van der Waals surface area contributed by atoms with E-state index < -0.39 is 0 Å². The first-order valence-corrected chi connectivity index (χ1v) is 10.2. The molecule has 0 atom stereocenters. The van der Waals surface area contributed by atoms with Crippen molar-refractivity contribution >= 4 is 34.8 Å². The summed E-state index contributed by atoms with van der Waals surface area (Å²) in [5, 5.41) is 1.96. The van der Waals surface area contributed by atoms with E-state index in [0.29, 0.717) is 19.6 Å². The summed E-state index contributed by atoms with van der Waals surface area (Å²) in [6.07, 6.45) is 0. The number of carbonyl (C=O) groups is 2. The van der Waals surface area contributed by atoms with Crippen LogP contribution in [0, 0.1) is 11.7 Å². The van der Waals surface area contributed by atoms with Crippen LogP contribution >= 0.6 is 22.9 Å². The highest BCUT2D eigenvalue weighted by Gasteiger charge is 2.22. The molecule has 0 spiro atoms. The molecule has 4 nitrogen and oxygen atoms in total. The highest BCUT2D eigenvalue weighted by molar-refractivity contribution is 7.09. The van der Waals surface area contributed by atoms with Crippen LogP contribution in [0.5, 0.6) is 0 Å². The maximum absolute atomic E-state index is 13.2. The molecule has 7 heteroatoms. The third kappa shape index (κ3) is 6.96. The second-order valence-electron chi connectivity index (χ2n) is 6.76. The van der Waals surface area contributed by atoms with E-state index in [4.69, 9.17) is 11.6 Å². The van der Waals surface area contributed by atoms with Crippen molar-refractivity contribution in [1.29, 1.82) is 0 Å². The minimum absolute atomic E-state index is 0.0176. The predicted molar refractivity (Wildman–Crippen MR) is 107 cm³/mol. The third-order valence-corrected chi connectivity index (χ3v) is 5.03. The van der Waals surface area contributed by atoms with Crippen molar-refractivity contribution < 1.29 is 14.0 Å². The lowest BCUT2D eigenvalue weighted by molar-refractivity contribution is -0.140. The van der Waals surface area contributed by atoms with Crippen molar-refractivity contribution in [3.8, 4) is 0 Å². The largest absolute Gasteiger partial charge is 0.332 e. The van der Waals surface area contributed by atoms with Crippen LogP contribution in [0.2, 0.25) is 0 Å². The van der Waals surface area contributed by atoms with Gasteiger partial charge >= 0.3 is 0 Å². The fourth-order valence-corrected chi connectivity index (χ4v) is 3.56. The van der Waals surface area contributed by atoms with E-state index in [1.165, 1.54) is 17.0 Å². The summed E-state index contributed by atoms with van der Waals surface area (Å²) in [5.74, 6) is -0.648. The van der Waals surface area contributed by atoms with Gasteiger partial charge in [0.05, 0.1) is 13.1 Å². The van der Waals surface area contributed by atoms with E-state index in [-0.39, 0.29) is 36.0 Å². The third-order valence-electron chi connectivity index (χ3n) is 3.94. The van der Waals surface area contributed by atoms with Crippen molar-refractivity contribution in [3.63, 3.8) is 0 Å². The van der Waals surface area contributed by atoms with Gasteiger partial charge in [0.1, 0.15) is 11.7 Å². The molecule has 1 aromatic heterocycles. The van der Waals surface area contributed by atoms with Crippen molar-refractivity contribution in [1.82, 2.24) is 9.80 Å². The second kappa shape index (κ2) is 10.4. The van der Waals surface area contributed by atoms with Crippen LogP contribution in [-0.2, 0) is 22.7 Å². The summed E-state index contributed by atoms with van der Waals surface area (Å²) in [7, 11) is 0. The molecule has 0 saturated heterocycles. The summed E-state index contributed by atoms with van der Waals surface area (Å²) in [6.45, 7) is 5.22. The molecule has 0 N–H and O–H groups in total. The zero-order valence-corrected chi connectivity index (χ0v) is 17.1. The zero-order chi connectivity index (χ0) is 19.8. The molecule has 0 radical (unpaired) electrons. The lowest BCUT2D eigenvalue weighted by atomic mass is 10.2. The molecule has 0 aliphatic carbocycles. The van der Waals surface area contributed by atoms with Gasteiger partial charge in [0.25, 0.3) is 0 Å². The first kappa shape index (κ1) is 21.4. The maximum atomic E-state index is 13.2. The first-order valence-electron chi connectivity index (χ1n) is 8.77. The number of thiophene rings is 1. The Bertz CT molecular complexity index is 735. The number of benzene rings is 1. The lowest BCUT2D eigenvalue weighted by Gasteiger charge is -2.28. The minimum Gasteiger partial charge on any atom is -0.332 e. The average molecular weight is 411 g/mol. The van der Waals surface area contributed by atoms with Crippen LogP contribution in [0.25, 0.3) is 0 Å². The summed E-state index contributed by atoms with van der Waals surface area (Å²) in [6, 6.07) is 9.99. The highest BCUT2D eigenvalue weighted by atomic mass is 35.5. The lowest BCUT2D eigenvalue weighted by Crippen LogP contribution is -2.44. The number of carbonyl (C=O) groups excluding carboxylic acids is 2. The van der Waals surface area contributed by atoms with E-state index in [9.17, 15) is 14.0 Å². The van der Waals surface area contributed by atoms with Gasteiger partial charge in [-0.15, -0.1) is 22.9 Å². The Morgan fingerprint density at radius 2 is 1.78 bits per heavy atom. The van der Waals surface area contributed by atoms with Crippen molar-refractivity contribution in [2.45, 2.75) is 26.9 Å². The Labute approximate surface area is 168 Å². The van der Waals surface area contributed by atoms with Gasteiger partial charge in [-0.25, -0.2) is 4.39 Å². The van der Waals surface area contributed by atoms with E-state index in [2.05, 4.69) is 0 Å². The van der Waals surface area contributed by atoms with Crippen molar-refractivity contribution in [2.24, 2.45) is 5.92 Å². The number of hydrogen-bond acceptors (Lipinski definition) is 3. The van der Waals surface area contributed by atoms with Crippen molar-refractivity contribution in [3.05, 3.63) is 58.0 Å². The quantitative estimate of drug-likeness (QED) is 0.583. The molecule has 1 heterocycles. The maximum Gasteiger partial charge on any atom is 0.242 e. The zero-order valence-electron chi connectivity index (χ0n) is 15.5.